The Kier molecular flexibility index (Phi) is 4.32. The maximum atomic E-state index is 3.64. The fourth-order valence-corrected chi connectivity index (χ4v) is 4.52. The van der Waals surface area contributed by atoms with Gasteiger partial charge >= 0.3 is 0 Å². The number of rotatable bonds is 4. The monoisotopic (exact) mass is 217 g/mol. The second kappa shape index (κ2) is 5.52. The number of nitrogens with one attached hydrogen (secondary N) is 1. The van der Waals surface area contributed by atoms with Crippen LogP contribution in [-0.2, 0) is 0 Å². The molecule has 1 N–H and O–H groups in total. The molecule has 13 heavy (non-hydrogen) atoms. The third kappa shape index (κ3) is 3.37. The third-order valence-corrected chi connectivity index (χ3v) is 5.48. The van der Waals surface area contributed by atoms with Gasteiger partial charge in [-0.3, -0.25) is 0 Å². The van der Waals surface area contributed by atoms with Gasteiger partial charge in [-0.25, -0.2) is 0 Å². The first-order valence-corrected chi connectivity index (χ1v) is 7.55. The molecule has 76 valence electrons. The topological polar surface area (TPSA) is 12.0 Å². The van der Waals surface area contributed by atoms with E-state index in [1.807, 2.05) is 0 Å². The molecule has 2 unspecified atom stereocenters. The van der Waals surface area contributed by atoms with Crippen LogP contribution in [0.15, 0.2) is 0 Å². The van der Waals surface area contributed by atoms with Crippen LogP contribution in [0.5, 0.6) is 0 Å². The highest BCUT2D eigenvalue weighted by molar-refractivity contribution is 8.00. The molecule has 0 saturated carbocycles. The molecule has 0 aromatic carbocycles. The summed E-state index contributed by atoms with van der Waals surface area (Å²) in [5.41, 5.74) is 0. The molecule has 2 aliphatic rings. The maximum absolute atomic E-state index is 3.64. The summed E-state index contributed by atoms with van der Waals surface area (Å²) in [5, 5.41) is 4.56. The Hall–Kier alpha value is 0.660. The molecule has 2 atom stereocenters. The van der Waals surface area contributed by atoms with Gasteiger partial charge in [-0.2, -0.15) is 23.5 Å². The van der Waals surface area contributed by atoms with Gasteiger partial charge in [0.25, 0.3) is 0 Å². The van der Waals surface area contributed by atoms with Crippen LogP contribution in [0.1, 0.15) is 19.3 Å². The summed E-state index contributed by atoms with van der Waals surface area (Å²) in [6.45, 7) is 2.52. The second-order valence-electron chi connectivity index (χ2n) is 4.02. The minimum absolute atomic E-state index is 0.925. The van der Waals surface area contributed by atoms with Crippen LogP contribution in [0.2, 0.25) is 0 Å². The Labute approximate surface area is 89.8 Å². The summed E-state index contributed by atoms with van der Waals surface area (Å²) >= 11 is 4.28. The van der Waals surface area contributed by atoms with Crippen LogP contribution in [-0.4, -0.2) is 35.6 Å². The van der Waals surface area contributed by atoms with E-state index in [4.69, 9.17) is 0 Å². The molecule has 0 spiro atoms. The highest BCUT2D eigenvalue weighted by Gasteiger charge is 2.17. The highest BCUT2D eigenvalue weighted by atomic mass is 32.2. The Morgan fingerprint density at radius 3 is 2.85 bits per heavy atom. The molecule has 2 saturated heterocycles. The van der Waals surface area contributed by atoms with Gasteiger partial charge in [-0.05, 0) is 49.0 Å². The average molecular weight is 217 g/mol. The number of hydrogen-bond donors (Lipinski definition) is 1. The van der Waals surface area contributed by atoms with Crippen molar-refractivity contribution in [2.24, 2.45) is 5.92 Å². The minimum atomic E-state index is 0.925. The van der Waals surface area contributed by atoms with Gasteiger partial charge in [0, 0.05) is 11.8 Å². The van der Waals surface area contributed by atoms with E-state index in [1.54, 1.807) is 0 Å². The van der Waals surface area contributed by atoms with E-state index in [0.29, 0.717) is 0 Å². The number of hydrogen-bond acceptors (Lipinski definition) is 3. The fourth-order valence-electron chi connectivity index (χ4n) is 2.00. The van der Waals surface area contributed by atoms with Crippen LogP contribution in [0.25, 0.3) is 0 Å². The molecule has 2 rings (SSSR count). The lowest BCUT2D eigenvalue weighted by molar-refractivity contribution is 0.518. The first-order chi connectivity index (χ1) is 6.45. The van der Waals surface area contributed by atoms with Gasteiger partial charge in [0.1, 0.15) is 0 Å². The van der Waals surface area contributed by atoms with E-state index < -0.39 is 0 Å². The highest BCUT2D eigenvalue weighted by Crippen LogP contribution is 2.26. The SMILES string of the molecule is C1CSC(CNCC2CCSC2)C1. The molecule has 3 heteroatoms. The summed E-state index contributed by atoms with van der Waals surface area (Å²) in [5.74, 6) is 5.15. The molecular weight excluding hydrogens is 198 g/mol. The first kappa shape index (κ1) is 10.2. The van der Waals surface area contributed by atoms with Crippen molar-refractivity contribution in [1.82, 2.24) is 5.32 Å². The molecule has 0 bridgehead atoms. The van der Waals surface area contributed by atoms with E-state index >= 15 is 0 Å². The summed E-state index contributed by atoms with van der Waals surface area (Å²) < 4.78 is 0. The van der Waals surface area contributed by atoms with Gasteiger partial charge in [-0.15, -0.1) is 0 Å². The van der Waals surface area contributed by atoms with Crippen LogP contribution >= 0.6 is 23.5 Å². The zero-order valence-corrected chi connectivity index (χ0v) is 9.76. The van der Waals surface area contributed by atoms with E-state index in [2.05, 4.69) is 28.8 Å². The van der Waals surface area contributed by atoms with Gasteiger partial charge in [-0.1, -0.05) is 0 Å². The zero-order chi connectivity index (χ0) is 8.93. The van der Waals surface area contributed by atoms with Crippen LogP contribution in [0.4, 0.5) is 0 Å². The largest absolute Gasteiger partial charge is 0.315 e. The normalized spacial score (nSPS) is 34.2. The van der Waals surface area contributed by atoms with Crippen molar-refractivity contribution in [1.29, 1.82) is 0 Å². The molecule has 0 radical (unpaired) electrons. The fraction of sp³-hybridized carbons (Fsp3) is 1.00. The van der Waals surface area contributed by atoms with Gasteiger partial charge in [0.2, 0.25) is 0 Å². The van der Waals surface area contributed by atoms with Crippen LogP contribution < -0.4 is 5.32 Å². The lowest BCUT2D eigenvalue weighted by Gasteiger charge is -2.13. The van der Waals surface area contributed by atoms with Crippen molar-refractivity contribution >= 4 is 23.5 Å². The summed E-state index contributed by atoms with van der Waals surface area (Å²) in [6, 6.07) is 0. The lowest BCUT2D eigenvalue weighted by atomic mass is 10.1. The van der Waals surface area contributed by atoms with Crippen LogP contribution in [0.3, 0.4) is 0 Å². The molecule has 0 amide bonds. The Balaban J connectivity index is 1.52. The third-order valence-electron chi connectivity index (χ3n) is 2.85. The van der Waals surface area contributed by atoms with Gasteiger partial charge in [0.05, 0.1) is 0 Å². The predicted molar refractivity (Wildman–Crippen MR) is 63.8 cm³/mol. The predicted octanol–water partition coefficient (Wildman–Crippen LogP) is 2.22. The smallest absolute Gasteiger partial charge is 0.0172 e. The molecular formula is C10H19NS2. The summed E-state index contributed by atoms with van der Waals surface area (Å²) in [4.78, 5) is 0. The quantitative estimate of drug-likeness (QED) is 0.775. The van der Waals surface area contributed by atoms with E-state index in [0.717, 1.165) is 11.2 Å². The summed E-state index contributed by atoms with van der Waals surface area (Å²) in [7, 11) is 0. The Morgan fingerprint density at radius 1 is 1.15 bits per heavy atom. The molecule has 2 heterocycles. The molecule has 0 aromatic heterocycles. The first-order valence-electron chi connectivity index (χ1n) is 5.35. The molecule has 1 nitrogen and oxygen atoms in total. The molecule has 0 aromatic rings. The second-order valence-corrected chi connectivity index (χ2v) is 6.58. The molecule has 0 aliphatic carbocycles. The van der Waals surface area contributed by atoms with Gasteiger partial charge in [0.15, 0.2) is 0 Å². The summed E-state index contributed by atoms with van der Waals surface area (Å²) in [6.07, 6.45) is 4.32. The van der Waals surface area contributed by atoms with E-state index in [1.165, 1.54) is 49.6 Å². The van der Waals surface area contributed by atoms with Crippen LogP contribution in [0, 0.1) is 5.92 Å². The standard InChI is InChI=1S/C10H19NS2/c1-2-10(13-4-1)7-11-6-9-3-5-12-8-9/h9-11H,1-8H2. The Bertz CT molecular complexity index is 124. The van der Waals surface area contributed by atoms with Crippen molar-refractivity contribution < 1.29 is 0 Å². The van der Waals surface area contributed by atoms with E-state index in [9.17, 15) is 0 Å². The van der Waals surface area contributed by atoms with Gasteiger partial charge < -0.3 is 5.32 Å². The van der Waals surface area contributed by atoms with Crippen molar-refractivity contribution in [3.05, 3.63) is 0 Å². The van der Waals surface area contributed by atoms with E-state index in [-0.39, 0.29) is 0 Å². The zero-order valence-electron chi connectivity index (χ0n) is 8.13. The molecule has 2 aliphatic heterocycles. The van der Waals surface area contributed by atoms with Crippen molar-refractivity contribution in [2.75, 3.05) is 30.3 Å². The minimum Gasteiger partial charge on any atom is -0.315 e. The van der Waals surface area contributed by atoms with Crippen molar-refractivity contribution in [2.45, 2.75) is 24.5 Å². The average Bonchev–Trinajstić information content (AvgIpc) is 2.75. The van der Waals surface area contributed by atoms with Crippen molar-refractivity contribution in [3.8, 4) is 0 Å². The maximum Gasteiger partial charge on any atom is 0.0172 e. The molecule has 2 fully saturated rings. The lowest BCUT2D eigenvalue weighted by Crippen LogP contribution is -2.28. The number of thioether (sulfide) groups is 2. The van der Waals surface area contributed by atoms with Crippen molar-refractivity contribution in [3.63, 3.8) is 0 Å². The Morgan fingerprint density at radius 2 is 2.15 bits per heavy atom.